The van der Waals surface area contributed by atoms with E-state index >= 15 is 4.39 Å². The van der Waals surface area contributed by atoms with E-state index in [9.17, 15) is 9.59 Å². The van der Waals surface area contributed by atoms with Crippen molar-refractivity contribution in [2.24, 2.45) is 0 Å². The largest absolute Gasteiger partial charge is 0.371 e. The number of likely N-dealkylation sites (N-methyl/N-ethyl adjacent to an activating group) is 1. The highest BCUT2D eigenvalue weighted by molar-refractivity contribution is 6.08. The number of hydrogen-bond donors (Lipinski definition) is 1. The number of hydrogen-bond acceptors (Lipinski definition) is 6. The van der Waals surface area contributed by atoms with Crippen molar-refractivity contribution in [2.45, 2.75) is 50.4 Å². The van der Waals surface area contributed by atoms with E-state index in [0.29, 0.717) is 43.1 Å². The first-order valence-corrected chi connectivity index (χ1v) is 12.9. The number of rotatable bonds is 2. The predicted molar refractivity (Wildman–Crippen MR) is 135 cm³/mol. The Morgan fingerprint density at radius 2 is 1.69 bits per heavy atom. The number of fused-ring (bicyclic) bond motifs is 3. The quantitative estimate of drug-likeness (QED) is 0.713. The van der Waals surface area contributed by atoms with Crippen molar-refractivity contribution in [3.63, 3.8) is 0 Å². The van der Waals surface area contributed by atoms with Crippen molar-refractivity contribution < 1.29 is 9.18 Å². The zero-order chi connectivity index (χ0) is 24.3. The molecule has 8 nitrogen and oxygen atoms in total. The van der Waals surface area contributed by atoms with Crippen molar-refractivity contribution in [1.82, 2.24) is 9.97 Å². The highest BCUT2D eigenvalue weighted by Gasteiger charge is 2.53. The lowest BCUT2D eigenvalue weighted by Gasteiger charge is -2.39. The molecule has 0 radical (unpaired) electrons. The maximum absolute atomic E-state index is 15.7. The van der Waals surface area contributed by atoms with Crippen LogP contribution in [0, 0.1) is 5.82 Å². The van der Waals surface area contributed by atoms with E-state index in [0.717, 1.165) is 62.4 Å². The van der Waals surface area contributed by atoms with E-state index in [2.05, 4.69) is 9.88 Å². The van der Waals surface area contributed by atoms with Gasteiger partial charge in [-0.2, -0.15) is 4.98 Å². The third-order valence-corrected chi connectivity index (χ3v) is 8.51. The van der Waals surface area contributed by atoms with Gasteiger partial charge in [-0.1, -0.05) is 0 Å². The van der Waals surface area contributed by atoms with Crippen LogP contribution in [0.25, 0.3) is 0 Å². The molecule has 0 bridgehead atoms. The molecule has 1 N–H and O–H groups in total. The smallest absolute Gasteiger partial charge is 0.257 e. The fourth-order valence-corrected chi connectivity index (χ4v) is 6.52. The van der Waals surface area contributed by atoms with Crippen LogP contribution < -0.4 is 25.2 Å². The summed E-state index contributed by atoms with van der Waals surface area (Å²) in [6.45, 7) is 3.78. The Morgan fingerprint density at radius 3 is 2.43 bits per heavy atom. The number of aromatic amines is 1. The molecule has 1 spiro atoms. The highest BCUT2D eigenvalue weighted by atomic mass is 19.1. The van der Waals surface area contributed by atoms with Gasteiger partial charge in [0.05, 0.1) is 16.7 Å². The molecule has 4 aliphatic rings. The maximum atomic E-state index is 15.7. The summed E-state index contributed by atoms with van der Waals surface area (Å²) in [5.41, 5.74) is 1.90. The third-order valence-electron chi connectivity index (χ3n) is 8.51. The van der Waals surface area contributed by atoms with Gasteiger partial charge in [-0.05, 0) is 57.1 Å². The lowest BCUT2D eigenvalue weighted by Crippen LogP contribution is -2.49. The molecule has 0 saturated carbocycles. The van der Waals surface area contributed by atoms with Gasteiger partial charge in [0.25, 0.3) is 5.56 Å². The molecule has 2 fully saturated rings. The summed E-state index contributed by atoms with van der Waals surface area (Å²) in [6, 6.07) is 3.63. The molecule has 2 aromatic rings. The molecule has 1 amide bonds. The number of carbonyl (C=O) groups excluding carboxylic acids is 1. The van der Waals surface area contributed by atoms with E-state index in [-0.39, 0.29) is 17.3 Å². The molecule has 5 heterocycles. The minimum atomic E-state index is -0.865. The molecule has 2 saturated heterocycles. The molecule has 0 atom stereocenters. The van der Waals surface area contributed by atoms with Crippen LogP contribution >= 0.6 is 0 Å². The number of piperidine rings is 2. The average Bonchev–Trinajstić information content (AvgIpc) is 3.08. The van der Waals surface area contributed by atoms with E-state index < -0.39 is 5.41 Å². The van der Waals surface area contributed by atoms with Crippen LogP contribution in [0.15, 0.2) is 16.9 Å². The summed E-state index contributed by atoms with van der Waals surface area (Å²) in [7, 11) is 3.73. The van der Waals surface area contributed by atoms with Crippen LogP contribution in [0.5, 0.6) is 0 Å². The van der Waals surface area contributed by atoms with Crippen LogP contribution in [0.3, 0.4) is 0 Å². The predicted octanol–water partition coefficient (Wildman–Crippen LogP) is 2.80. The molecule has 6 rings (SSSR count). The molecule has 35 heavy (non-hydrogen) atoms. The van der Waals surface area contributed by atoms with Crippen molar-refractivity contribution in [1.29, 1.82) is 0 Å². The summed E-state index contributed by atoms with van der Waals surface area (Å²) in [5, 5.41) is 0. The van der Waals surface area contributed by atoms with E-state index in [4.69, 9.17) is 4.98 Å². The molecule has 186 valence electrons. The first kappa shape index (κ1) is 22.4. The van der Waals surface area contributed by atoms with Crippen LogP contribution in [0.1, 0.15) is 49.7 Å². The number of H-pyrrole nitrogens is 1. The van der Waals surface area contributed by atoms with Gasteiger partial charge in [0.2, 0.25) is 11.9 Å². The minimum Gasteiger partial charge on any atom is -0.371 e. The van der Waals surface area contributed by atoms with Crippen LogP contribution in [0.4, 0.5) is 27.5 Å². The number of halogens is 1. The summed E-state index contributed by atoms with van der Waals surface area (Å²) < 4.78 is 15.7. The van der Waals surface area contributed by atoms with E-state index in [1.807, 2.05) is 22.9 Å². The van der Waals surface area contributed by atoms with Crippen molar-refractivity contribution in [3.8, 4) is 0 Å². The second-order valence-corrected chi connectivity index (χ2v) is 10.5. The van der Waals surface area contributed by atoms with Crippen molar-refractivity contribution in [3.05, 3.63) is 39.4 Å². The number of benzene rings is 1. The molecule has 1 aromatic carbocycles. The van der Waals surface area contributed by atoms with E-state index in [1.54, 1.807) is 18.0 Å². The molecule has 0 unspecified atom stereocenters. The van der Waals surface area contributed by atoms with Gasteiger partial charge in [-0.25, -0.2) is 4.39 Å². The number of nitrogens with one attached hydrogen (secondary N) is 1. The third kappa shape index (κ3) is 3.42. The van der Waals surface area contributed by atoms with Gasteiger partial charge < -0.3 is 19.6 Å². The van der Waals surface area contributed by atoms with Crippen LogP contribution in [-0.4, -0.2) is 62.7 Å². The number of anilines is 4. The zero-order valence-electron chi connectivity index (χ0n) is 20.6. The van der Waals surface area contributed by atoms with Gasteiger partial charge in [0.15, 0.2) is 0 Å². The Balaban J connectivity index is 1.30. The molecule has 0 aliphatic carbocycles. The normalized spacial score (nSPS) is 21.5. The number of aromatic nitrogens is 2. The minimum absolute atomic E-state index is 0.0338. The van der Waals surface area contributed by atoms with Gasteiger partial charge in [-0.15, -0.1) is 0 Å². The molecular weight excluding hydrogens is 447 g/mol. The number of amides is 1. The van der Waals surface area contributed by atoms with Gasteiger partial charge in [0, 0.05) is 58.1 Å². The monoisotopic (exact) mass is 480 g/mol. The summed E-state index contributed by atoms with van der Waals surface area (Å²) >= 11 is 0. The fourth-order valence-electron chi connectivity index (χ4n) is 6.52. The van der Waals surface area contributed by atoms with Crippen molar-refractivity contribution in [2.75, 3.05) is 66.4 Å². The topological polar surface area (TPSA) is 75.8 Å². The fraction of sp³-hybridized carbons (Fsp3) is 0.577. The van der Waals surface area contributed by atoms with E-state index in [1.165, 1.54) is 6.42 Å². The molecule has 4 aliphatic heterocycles. The van der Waals surface area contributed by atoms with Crippen molar-refractivity contribution >= 4 is 29.0 Å². The van der Waals surface area contributed by atoms with Crippen LogP contribution in [-0.2, 0) is 16.6 Å². The van der Waals surface area contributed by atoms with Gasteiger partial charge in [-0.3, -0.25) is 14.6 Å². The standard InChI is InChI=1S/C26H33FN6O2/c1-30-10-6-7-18-22(30)28-25(29-23(18)34)33-13-8-26(9-14-33)21-19(27)15-17(32-11-4-3-5-12-32)16-20(21)31(2)24(26)35/h15-16H,3-14H2,1-2H3,(H,28,29,34). The average molecular weight is 481 g/mol. The Hall–Kier alpha value is -3.10. The van der Waals surface area contributed by atoms with Crippen LogP contribution in [0.2, 0.25) is 0 Å². The Morgan fingerprint density at radius 1 is 0.943 bits per heavy atom. The second-order valence-electron chi connectivity index (χ2n) is 10.5. The lowest BCUT2D eigenvalue weighted by atomic mass is 9.73. The summed E-state index contributed by atoms with van der Waals surface area (Å²) in [4.78, 5) is 42.0. The summed E-state index contributed by atoms with van der Waals surface area (Å²) in [5.74, 6) is 0.968. The second kappa shape index (κ2) is 8.24. The number of carbonyl (C=O) groups is 1. The lowest BCUT2D eigenvalue weighted by molar-refractivity contribution is -0.123. The van der Waals surface area contributed by atoms with Gasteiger partial charge in [0.1, 0.15) is 11.6 Å². The molecule has 9 heteroatoms. The SMILES string of the molecule is CN1CCCc2c1nc(N1CCC3(CC1)C(=O)N(C)c1cc(N4CCCCC4)cc(F)c13)[nH]c2=O. The number of nitrogens with zero attached hydrogens (tertiary/aromatic N) is 5. The summed E-state index contributed by atoms with van der Waals surface area (Å²) in [6.07, 6.45) is 6.09. The Kier molecular flexibility index (Phi) is 5.27. The first-order valence-electron chi connectivity index (χ1n) is 12.9. The maximum Gasteiger partial charge on any atom is 0.257 e. The zero-order valence-corrected chi connectivity index (χ0v) is 20.6. The Bertz CT molecular complexity index is 1230. The van der Waals surface area contributed by atoms with Gasteiger partial charge >= 0.3 is 0 Å². The first-order chi connectivity index (χ1) is 16.9. The molecule has 1 aromatic heterocycles. The highest BCUT2D eigenvalue weighted by Crippen LogP contribution is 2.50. The Labute approximate surface area is 204 Å². The molecular formula is C26H33FN6O2.